The Hall–Kier alpha value is -3.54. The number of aryl methyl sites for hydroxylation is 1. The van der Waals surface area contributed by atoms with Crippen molar-refractivity contribution >= 4 is 17.2 Å². The van der Waals surface area contributed by atoms with E-state index >= 15 is 0 Å². The zero-order valence-electron chi connectivity index (χ0n) is 13.5. The molecule has 0 radical (unpaired) electrons. The summed E-state index contributed by atoms with van der Waals surface area (Å²) in [5.41, 5.74) is 3.70. The van der Waals surface area contributed by atoms with Gasteiger partial charge in [-0.2, -0.15) is 0 Å². The van der Waals surface area contributed by atoms with E-state index in [1.54, 1.807) is 22.9 Å². The van der Waals surface area contributed by atoms with Gasteiger partial charge in [0.1, 0.15) is 0 Å². The Bertz CT molecular complexity index is 1060. The summed E-state index contributed by atoms with van der Waals surface area (Å²) in [5, 5.41) is 11.4. The van der Waals surface area contributed by atoms with Crippen LogP contribution in [0.3, 0.4) is 0 Å². The maximum absolute atomic E-state index is 12.7. The molecule has 0 saturated heterocycles. The Morgan fingerprint density at radius 2 is 1.88 bits per heavy atom. The molecule has 3 aromatic heterocycles. The quantitative estimate of drug-likeness (QED) is 0.625. The molecule has 6 heteroatoms. The number of nitrogens with one attached hydrogen (secondary N) is 1. The molecule has 0 bridgehead atoms. The topological polar surface area (TPSA) is 72.2 Å². The Morgan fingerprint density at radius 1 is 1.04 bits per heavy atom. The van der Waals surface area contributed by atoms with Crippen molar-refractivity contribution in [2.45, 2.75) is 6.92 Å². The van der Waals surface area contributed by atoms with E-state index in [-0.39, 0.29) is 5.91 Å². The van der Waals surface area contributed by atoms with E-state index in [1.165, 1.54) is 0 Å². The monoisotopic (exact) mass is 329 g/mol. The second-order valence-electron chi connectivity index (χ2n) is 5.70. The van der Waals surface area contributed by atoms with Gasteiger partial charge in [-0.15, -0.1) is 10.2 Å². The Balaban J connectivity index is 1.73. The smallest absolute Gasteiger partial charge is 0.259 e. The van der Waals surface area contributed by atoms with E-state index in [1.807, 2.05) is 55.6 Å². The number of benzene rings is 1. The first-order valence-electron chi connectivity index (χ1n) is 7.84. The number of hydrogen-bond acceptors (Lipinski definition) is 4. The van der Waals surface area contributed by atoms with Gasteiger partial charge >= 0.3 is 0 Å². The molecule has 0 aliphatic heterocycles. The van der Waals surface area contributed by atoms with Crippen molar-refractivity contribution < 1.29 is 4.79 Å². The Morgan fingerprint density at radius 3 is 2.68 bits per heavy atom. The van der Waals surface area contributed by atoms with Gasteiger partial charge in [-0.05, 0) is 48.9 Å². The fraction of sp³-hybridized carbons (Fsp3) is 0.0526. The largest absolute Gasteiger partial charge is 0.322 e. The first-order valence-corrected chi connectivity index (χ1v) is 7.84. The van der Waals surface area contributed by atoms with Gasteiger partial charge in [0.25, 0.3) is 5.91 Å². The van der Waals surface area contributed by atoms with E-state index < -0.39 is 0 Å². The summed E-state index contributed by atoms with van der Waals surface area (Å²) < 4.78 is 1.81. The van der Waals surface area contributed by atoms with Crippen LogP contribution >= 0.6 is 0 Å². The minimum atomic E-state index is -0.218. The lowest BCUT2D eigenvalue weighted by atomic mass is 10.2. The van der Waals surface area contributed by atoms with Gasteiger partial charge in [0.2, 0.25) is 0 Å². The third-order valence-electron chi connectivity index (χ3n) is 3.89. The maximum Gasteiger partial charge on any atom is 0.259 e. The first kappa shape index (κ1) is 15.0. The number of nitrogens with zero attached hydrogens (tertiary/aromatic N) is 4. The standard InChI is InChI=1S/C19H15N5O/c1-13-4-2-5-15(12-13)21-19(25)16-6-3-11-24-17(22-23-18(16)24)14-7-9-20-10-8-14/h2-12H,1H3,(H,21,25). The zero-order chi connectivity index (χ0) is 17.2. The molecular weight excluding hydrogens is 314 g/mol. The first-order chi connectivity index (χ1) is 12.2. The van der Waals surface area contributed by atoms with Crippen molar-refractivity contribution in [1.29, 1.82) is 0 Å². The molecule has 6 nitrogen and oxygen atoms in total. The molecule has 1 aromatic carbocycles. The molecule has 25 heavy (non-hydrogen) atoms. The Labute approximate surface area is 144 Å². The van der Waals surface area contributed by atoms with Crippen molar-refractivity contribution in [2.24, 2.45) is 0 Å². The second-order valence-corrected chi connectivity index (χ2v) is 5.70. The predicted molar refractivity (Wildman–Crippen MR) is 95.4 cm³/mol. The van der Waals surface area contributed by atoms with Crippen molar-refractivity contribution in [2.75, 3.05) is 5.32 Å². The average Bonchev–Trinajstić information content (AvgIpc) is 3.06. The summed E-state index contributed by atoms with van der Waals surface area (Å²) in [6.07, 6.45) is 5.24. The number of amides is 1. The van der Waals surface area contributed by atoms with Crippen LogP contribution in [0.5, 0.6) is 0 Å². The number of carbonyl (C=O) groups is 1. The SMILES string of the molecule is Cc1cccc(NC(=O)c2cccn3c(-c4ccncc4)nnc23)c1. The summed E-state index contributed by atoms with van der Waals surface area (Å²) in [6, 6.07) is 14.9. The highest BCUT2D eigenvalue weighted by atomic mass is 16.1. The Kier molecular flexibility index (Phi) is 3.70. The van der Waals surface area contributed by atoms with E-state index in [2.05, 4.69) is 20.5 Å². The number of aromatic nitrogens is 4. The number of hydrogen-bond donors (Lipinski definition) is 1. The lowest BCUT2D eigenvalue weighted by molar-refractivity contribution is 0.102. The summed E-state index contributed by atoms with van der Waals surface area (Å²) in [7, 11) is 0. The maximum atomic E-state index is 12.7. The van der Waals surface area contributed by atoms with Crippen LogP contribution in [0.4, 0.5) is 5.69 Å². The van der Waals surface area contributed by atoms with Gasteiger partial charge in [0.05, 0.1) is 5.56 Å². The molecular formula is C19H15N5O. The van der Waals surface area contributed by atoms with Crippen LogP contribution in [0.25, 0.3) is 17.0 Å². The molecule has 0 aliphatic carbocycles. The number of carbonyl (C=O) groups excluding carboxylic acids is 1. The highest BCUT2D eigenvalue weighted by Crippen LogP contribution is 2.20. The molecule has 0 atom stereocenters. The number of pyridine rings is 2. The van der Waals surface area contributed by atoms with E-state index in [0.29, 0.717) is 17.0 Å². The fourth-order valence-electron chi connectivity index (χ4n) is 2.71. The minimum absolute atomic E-state index is 0.218. The third kappa shape index (κ3) is 2.85. The van der Waals surface area contributed by atoms with Gasteiger partial charge in [-0.1, -0.05) is 12.1 Å². The number of anilines is 1. The molecule has 0 saturated carbocycles. The van der Waals surface area contributed by atoms with Crippen LogP contribution in [-0.4, -0.2) is 25.5 Å². The highest BCUT2D eigenvalue weighted by Gasteiger charge is 2.16. The van der Waals surface area contributed by atoms with Crippen molar-refractivity contribution in [3.8, 4) is 11.4 Å². The van der Waals surface area contributed by atoms with Crippen LogP contribution in [0.15, 0.2) is 67.1 Å². The molecule has 0 spiro atoms. The van der Waals surface area contributed by atoms with Crippen LogP contribution in [0.1, 0.15) is 15.9 Å². The summed E-state index contributed by atoms with van der Waals surface area (Å²) in [6.45, 7) is 1.98. The molecule has 122 valence electrons. The number of rotatable bonds is 3. The molecule has 0 unspecified atom stereocenters. The summed E-state index contributed by atoms with van der Waals surface area (Å²) in [5.74, 6) is 0.451. The molecule has 3 heterocycles. The second kappa shape index (κ2) is 6.16. The molecule has 0 aliphatic rings. The van der Waals surface area contributed by atoms with Crippen molar-refractivity contribution in [1.82, 2.24) is 19.6 Å². The molecule has 1 amide bonds. The fourth-order valence-corrected chi connectivity index (χ4v) is 2.71. The normalized spacial score (nSPS) is 10.8. The van der Waals surface area contributed by atoms with Crippen molar-refractivity contribution in [3.63, 3.8) is 0 Å². The molecule has 4 rings (SSSR count). The van der Waals surface area contributed by atoms with Crippen molar-refractivity contribution in [3.05, 3.63) is 78.2 Å². The van der Waals surface area contributed by atoms with E-state index in [4.69, 9.17) is 0 Å². The highest BCUT2D eigenvalue weighted by molar-refractivity contribution is 6.08. The zero-order valence-corrected chi connectivity index (χ0v) is 13.5. The third-order valence-corrected chi connectivity index (χ3v) is 3.89. The van der Waals surface area contributed by atoms with Crippen LogP contribution in [0, 0.1) is 6.92 Å². The molecule has 1 N–H and O–H groups in total. The van der Waals surface area contributed by atoms with Gasteiger partial charge < -0.3 is 5.32 Å². The van der Waals surface area contributed by atoms with Crippen LogP contribution in [0.2, 0.25) is 0 Å². The summed E-state index contributed by atoms with van der Waals surface area (Å²) in [4.78, 5) is 16.7. The minimum Gasteiger partial charge on any atom is -0.322 e. The van der Waals surface area contributed by atoms with Gasteiger partial charge in [0, 0.05) is 29.8 Å². The molecule has 0 fully saturated rings. The van der Waals surface area contributed by atoms with Crippen LogP contribution < -0.4 is 5.32 Å². The average molecular weight is 329 g/mol. The number of fused-ring (bicyclic) bond motifs is 1. The van der Waals surface area contributed by atoms with E-state index in [9.17, 15) is 4.79 Å². The van der Waals surface area contributed by atoms with Gasteiger partial charge in [-0.3, -0.25) is 14.2 Å². The summed E-state index contributed by atoms with van der Waals surface area (Å²) >= 11 is 0. The van der Waals surface area contributed by atoms with Gasteiger partial charge in [0.15, 0.2) is 11.5 Å². The van der Waals surface area contributed by atoms with E-state index in [0.717, 1.165) is 16.8 Å². The van der Waals surface area contributed by atoms with Crippen LogP contribution in [-0.2, 0) is 0 Å². The molecule has 4 aromatic rings. The lowest BCUT2D eigenvalue weighted by Crippen LogP contribution is -2.13. The van der Waals surface area contributed by atoms with Gasteiger partial charge in [-0.25, -0.2) is 0 Å². The predicted octanol–water partition coefficient (Wildman–Crippen LogP) is 3.35. The lowest BCUT2D eigenvalue weighted by Gasteiger charge is -2.07.